The number of halogens is 4. The Kier molecular flexibility index (Phi) is 13.9. The molecule has 3 saturated carbocycles. The van der Waals surface area contributed by atoms with Crippen molar-refractivity contribution >= 4 is 55.4 Å². The van der Waals surface area contributed by atoms with Crippen molar-refractivity contribution < 1.29 is 17.9 Å². The van der Waals surface area contributed by atoms with Gasteiger partial charge in [-0.2, -0.15) is 0 Å². The Morgan fingerprint density at radius 2 is 1.18 bits per heavy atom. The molecule has 7 heteroatoms. The van der Waals surface area contributed by atoms with E-state index in [1.54, 1.807) is 137 Å². The zero-order valence-corrected chi connectivity index (χ0v) is 27.9. The van der Waals surface area contributed by atoms with Gasteiger partial charge in [0.2, 0.25) is 0 Å². The van der Waals surface area contributed by atoms with Crippen LogP contribution in [0.3, 0.4) is 0 Å². The van der Waals surface area contributed by atoms with Crippen LogP contribution in [0.25, 0.3) is 0 Å². The summed E-state index contributed by atoms with van der Waals surface area (Å²) in [5.41, 5.74) is 5.84. The van der Waals surface area contributed by atoms with Crippen LogP contribution in [0.1, 0.15) is 107 Å². The molecule has 216 valence electrons. The zero-order chi connectivity index (χ0) is 27.5. The van der Waals surface area contributed by atoms with Crippen LogP contribution in [-0.4, -0.2) is 27.8 Å². The summed E-state index contributed by atoms with van der Waals surface area (Å²) in [6.45, 7) is 0. The standard InChI is InChI=1S/C18H33P.C14H9ClFN.2ClH.Ru/c1-4-10-16(11-5-1)19(17-12-6-2-7-13-17)18-14-8-3-9-15-18;1-10-2-5-13(16)8-11(10)9-17-14-6-3-12(15)4-7-14;;;/h16-18H,1-15H2;1-9H;2*1H;/q;;;;+2/p-1. The van der Waals surface area contributed by atoms with Crippen LogP contribution in [0.2, 0.25) is 5.02 Å². The first-order valence-electron chi connectivity index (χ1n) is 14.8. The summed E-state index contributed by atoms with van der Waals surface area (Å²) >= 11 is 3.83. The summed E-state index contributed by atoms with van der Waals surface area (Å²) in [4.78, 5) is 4.29. The monoisotopic (exact) mass is 698 g/mol. The van der Waals surface area contributed by atoms with Crippen LogP contribution in [-0.2, 0) is 13.5 Å². The van der Waals surface area contributed by atoms with E-state index in [1.165, 1.54) is 29.1 Å². The second-order valence-electron chi connectivity index (χ2n) is 11.3. The quantitative estimate of drug-likeness (QED) is 0.162. The van der Waals surface area contributed by atoms with E-state index in [9.17, 15) is 4.39 Å². The Morgan fingerprint density at radius 1 is 0.692 bits per heavy atom. The summed E-state index contributed by atoms with van der Waals surface area (Å²) < 4.78 is 15.1. The third-order valence-electron chi connectivity index (χ3n) is 8.65. The van der Waals surface area contributed by atoms with Gasteiger partial charge in [-0.25, -0.2) is 0 Å². The van der Waals surface area contributed by atoms with Crippen molar-refractivity contribution in [2.45, 2.75) is 113 Å². The van der Waals surface area contributed by atoms with Gasteiger partial charge in [0.25, 0.3) is 0 Å². The zero-order valence-electron chi connectivity index (χ0n) is 22.8. The maximum absolute atomic E-state index is 13.3. The molecule has 0 N–H and O–H groups in total. The van der Waals surface area contributed by atoms with Crippen molar-refractivity contribution in [1.29, 1.82) is 0 Å². The number of rotatable bonds is 6. The third-order valence-corrected chi connectivity index (χ3v) is 15.3. The molecule has 3 fully saturated rings. The van der Waals surface area contributed by atoms with Crippen LogP contribution < -0.4 is 0 Å². The molecule has 0 saturated heterocycles. The fraction of sp³-hybridized carbons (Fsp3) is 0.562. The van der Waals surface area contributed by atoms with Crippen molar-refractivity contribution in [2.75, 3.05) is 0 Å². The molecule has 2 aromatic carbocycles. The van der Waals surface area contributed by atoms with Gasteiger partial charge >= 0.3 is 135 Å². The van der Waals surface area contributed by atoms with Gasteiger partial charge in [0, 0.05) is 7.92 Å². The average molecular weight is 699 g/mol. The van der Waals surface area contributed by atoms with Crippen LogP contribution in [0.4, 0.5) is 10.1 Å². The Labute approximate surface area is 254 Å². The number of nitrogens with zero attached hydrogens (tertiary/aromatic N) is 1. The third kappa shape index (κ3) is 10.6. The molecule has 0 aromatic heterocycles. The van der Waals surface area contributed by atoms with Crippen molar-refractivity contribution in [2.24, 2.45) is 4.99 Å². The molecular formula is C32H43Cl3FNPRu+. The van der Waals surface area contributed by atoms with E-state index in [2.05, 4.69) is 4.99 Å². The summed E-state index contributed by atoms with van der Waals surface area (Å²) in [6.07, 6.45) is 25.4. The van der Waals surface area contributed by atoms with Crippen LogP contribution in [0.5, 0.6) is 0 Å². The summed E-state index contributed by atoms with van der Waals surface area (Å²) in [6, 6.07) is 11.5. The first-order valence-corrected chi connectivity index (χ1v) is 22.4. The van der Waals surface area contributed by atoms with Crippen molar-refractivity contribution in [3.63, 3.8) is 0 Å². The minimum absolute atomic E-state index is 0.0465. The number of aliphatic imine (C=N–C) groups is 1. The fourth-order valence-electron chi connectivity index (χ4n) is 6.81. The molecule has 3 aliphatic carbocycles. The Morgan fingerprint density at radius 3 is 1.64 bits per heavy atom. The molecule has 2 aromatic rings. The van der Waals surface area contributed by atoms with Crippen LogP contribution >= 0.6 is 38.9 Å². The number of benzene rings is 2. The molecule has 1 nitrogen and oxygen atoms in total. The Hall–Kier alpha value is -0.167. The van der Waals surface area contributed by atoms with Gasteiger partial charge in [-0.15, -0.1) is 0 Å². The van der Waals surface area contributed by atoms with E-state index in [0.717, 1.165) is 11.3 Å². The van der Waals surface area contributed by atoms with Crippen LogP contribution in [0, 0.1) is 5.82 Å². The first-order chi connectivity index (χ1) is 19.0. The van der Waals surface area contributed by atoms with E-state index in [4.69, 9.17) is 31.0 Å². The second kappa shape index (κ2) is 17.1. The topological polar surface area (TPSA) is 12.4 Å². The molecule has 0 unspecified atom stereocenters. The van der Waals surface area contributed by atoms with Crippen molar-refractivity contribution in [1.82, 2.24) is 0 Å². The maximum atomic E-state index is 13.3. The van der Waals surface area contributed by atoms with E-state index >= 15 is 0 Å². The molecule has 39 heavy (non-hydrogen) atoms. The predicted molar refractivity (Wildman–Crippen MR) is 171 cm³/mol. The van der Waals surface area contributed by atoms with Gasteiger partial charge in [-0.1, -0.05) is 19.3 Å². The normalized spacial score (nSPS) is 20.1. The van der Waals surface area contributed by atoms with E-state index in [0.29, 0.717) is 10.6 Å². The summed E-state index contributed by atoms with van der Waals surface area (Å²) in [7, 11) is 11.7. The van der Waals surface area contributed by atoms with Gasteiger partial charge < -0.3 is 0 Å². The van der Waals surface area contributed by atoms with Crippen molar-refractivity contribution in [3.05, 3.63) is 64.4 Å². The van der Waals surface area contributed by atoms with Gasteiger partial charge in [0.05, 0.1) is 17.0 Å². The summed E-state index contributed by atoms with van der Waals surface area (Å²) in [5.74, 6) is -0.331. The van der Waals surface area contributed by atoms with E-state index in [-0.39, 0.29) is 13.7 Å². The molecule has 0 atom stereocenters. The molecule has 0 aliphatic heterocycles. The predicted octanol–water partition coefficient (Wildman–Crippen LogP) is 11.5. The minimum atomic E-state index is -1.97. The van der Waals surface area contributed by atoms with Gasteiger partial charge in [0.1, 0.15) is 0 Å². The molecular weight excluding hydrogens is 656 g/mol. The molecule has 0 radical (unpaired) electrons. The SMILES string of the molecule is C1CCC([PH+](C2CCCCC2)C2CCCCC2)CC1.Fc1ccc([CH]=[Ru]([Cl])[Cl])c(C=Nc2ccc(Cl)cc2)c1. The molecule has 3 aliphatic rings. The fourth-order valence-corrected chi connectivity index (χ4v) is 14.0. The Bertz CT molecular complexity index is 1030. The number of hydrogen-bond donors (Lipinski definition) is 0. The number of hydrogen-bond acceptors (Lipinski definition) is 1. The van der Waals surface area contributed by atoms with E-state index < -0.39 is 13.5 Å². The van der Waals surface area contributed by atoms with E-state index in [1.807, 2.05) is 0 Å². The molecule has 0 spiro atoms. The Balaban J connectivity index is 0.000000181. The molecule has 5 rings (SSSR count). The average Bonchev–Trinajstić information content (AvgIpc) is 2.96. The molecule has 0 bridgehead atoms. The second-order valence-corrected chi connectivity index (χ2v) is 20.9. The van der Waals surface area contributed by atoms with Gasteiger partial charge in [0.15, 0.2) is 0 Å². The van der Waals surface area contributed by atoms with Crippen LogP contribution in [0.15, 0.2) is 47.5 Å². The van der Waals surface area contributed by atoms with Gasteiger partial charge in [-0.05, 0) is 77.0 Å². The van der Waals surface area contributed by atoms with Gasteiger partial charge in [-0.3, -0.25) is 0 Å². The van der Waals surface area contributed by atoms with Crippen molar-refractivity contribution in [3.8, 4) is 0 Å². The molecule has 0 amide bonds. The first kappa shape index (κ1) is 31.8. The summed E-state index contributed by atoms with van der Waals surface area (Å²) in [5, 5.41) is 0.641. The molecule has 0 heterocycles.